The third-order valence-corrected chi connectivity index (χ3v) is 4.17. The molecule has 0 amide bonds. The van der Waals surface area contributed by atoms with Gasteiger partial charge in [0.25, 0.3) is 0 Å². The van der Waals surface area contributed by atoms with Gasteiger partial charge in [-0.05, 0) is 44.2 Å². The van der Waals surface area contributed by atoms with Crippen molar-refractivity contribution in [3.05, 3.63) is 29.3 Å². The van der Waals surface area contributed by atoms with E-state index in [0.29, 0.717) is 6.10 Å². The van der Waals surface area contributed by atoms with Crippen LogP contribution in [0.25, 0.3) is 0 Å². The maximum Gasteiger partial charge on any atom is 0.122 e. The molecule has 0 fully saturated rings. The van der Waals surface area contributed by atoms with Crippen LogP contribution in [0.1, 0.15) is 70.9 Å². The smallest absolute Gasteiger partial charge is 0.122 e. The number of unbranched alkanes of at least 4 members (excludes halogenated alkanes) is 1. The van der Waals surface area contributed by atoms with Crippen LogP contribution < -0.4 is 4.74 Å². The van der Waals surface area contributed by atoms with Crippen LogP contribution >= 0.6 is 0 Å². The Morgan fingerprint density at radius 2 is 1.85 bits per heavy atom. The molecule has 1 aromatic carbocycles. The molecule has 114 valence electrons. The summed E-state index contributed by atoms with van der Waals surface area (Å²) < 4.78 is 6.10. The fourth-order valence-electron chi connectivity index (χ4n) is 2.54. The van der Waals surface area contributed by atoms with E-state index in [1.54, 1.807) is 0 Å². The predicted octanol–water partition coefficient (Wildman–Crippen LogP) is 5.93. The molecule has 1 nitrogen and oxygen atoms in total. The zero-order valence-electron chi connectivity index (χ0n) is 14.0. The molecule has 0 aliphatic rings. The van der Waals surface area contributed by atoms with Crippen LogP contribution in [0, 0.1) is 12.8 Å². The highest BCUT2D eigenvalue weighted by Crippen LogP contribution is 2.27. The SMILES string of the molecule is CCCCC(CC)Cc1cc(C)ccc1OC(C)CC. The monoisotopic (exact) mass is 276 g/mol. The molecule has 0 N–H and O–H groups in total. The second kappa shape index (κ2) is 9.05. The Morgan fingerprint density at radius 1 is 1.10 bits per heavy atom. The van der Waals surface area contributed by atoms with Gasteiger partial charge in [-0.2, -0.15) is 0 Å². The molecule has 1 heteroatoms. The van der Waals surface area contributed by atoms with Crippen molar-refractivity contribution in [2.75, 3.05) is 0 Å². The minimum Gasteiger partial charge on any atom is -0.490 e. The predicted molar refractivity (Wildman–Crippen MR) is 88.6 cm³/mol. The number of ether oxygens (including phenoxy) is 1. The highest BCUT2D eigenvalue weighted by molar-refractivity contribution is 5.37. The number of benzene rings is 1. The van der Waals surface area contributed by atoms with Crippen LogP contribution in [0.15, 0.2) is 18.2 Å². The fraction of sp³-hybridized carbons (Fsp3) is 0.684. The molecule has 0 heterocycles. The number of hydrogen-bond donors (Lipinski definition) is 0. The molecule has 0 aliphatic carbocycles. The van der Waals surface area contributed by atoms with Crippen molar-refractivity contribution in [3.8, 4) is 5.75 Å². The summed E-state index contributed by atoms with van der Waals surface area (Å²) in [4.78, 5) is 0. The molecule has 2 unspecified atom stereocenters. The van der Waals surface area contributed by atoms with E-state index < -0.39 is 0 Å². The average molecular weight is 276 g/mol. The van der Waals surface area contributed by atoms with Gasteiger partial charge < -0.3 is 4.74 Å². The lowest BCUT2D eigenvalue weighted by molar-refractivity contribution is 0.214. The summed E-state index contributed by atoms with van der Waals surface area (Å²) in [6, 6.07) is 6.63. The second-order valence-electron chi connectivity index (χ2n) is 6.07. The third-order valence-electron chi connectivity index (χ3n) is 4.17. The summed E-state index contributed by atoms with van der Waals surface area (Å²) in [7, 11) is 0. The molecule has 0 aliphatic heterocycles. The third kappa shape index (κ3) is 5.56. The highest BCUT2D eigenvalue weighted by Gasteiger charge is 2.13. The van der Waals surface area contributed by atoms with Crippen molar-refractivity contribution in [3.63, 3.8) is 0 Å². The van der Waals surface area contributed by atoms with Gasteiger partial charge in [-0.25, -0.2) is 0 Å². The number of hydrogen-bond acceptors (Lipinski definition) is 1. The van der Waals surface area contributed by atoms with E-state index in [0.717, 1.165) is 24.5 Å². The Bertz CT molecular complexity index is 383. The first-order valence-corrected chi connectivity index (χ1v) is 8.36. The minimum absolute atomic E-state index is 0.298. The molecule has 1 aromatic rings. The molecular formula is C19H32O. The van der Waals surface area contributed by atoms with E-state index in [1.165, 1.54) is 36.8 Å². The summed E-state index contributed by atoms with van der Waals surface area (Å²) >= 11 is 0. The first kappa shape index (κ1) is 17.1. The summed E-state index contributed by atoms with van der Waals surface area (Å²) in [6.07, 6.45) is 7.74. The van der Waals surface area contributed by atoms with Gasteiger partial charge in [-0.1, -0.05) is 64.2 Å². The van der Waals surface area contributed by atoms with Gasteiger partial charge in [-0.15, -0.1) is 0 Å². The van der Waals surface area contributed by atoms with E-state index in [2.05, 4.69) is 52.8 Å². The summed E-state index contributed by atoms with van der Waals surface area (Å²) in [6.45, 7) is 11.1. The van der Waals surface area contributed by atoms with Gasteiger partial charge in [0.05, 0.1) is 6.10 Å². The summed E-state index contributed by atoms with van der Waals surface area (Å²) in [5.74, 6) is 1.89. The van der Waals surface area contributed by atoms with E-state index in [9.17, 15) is 0 Å². The first-order chi connectivity index (χ1) is 9.60. The Kier molecular flexibility index (Phi) is 7.72. The highest BCUT2D eigenvalue weighted by atomic mass is 16.5. The maximum absolute atomic E-state index is 6.10. The van der Waals surface area contributed by atoms with Crippen molar-refractivity contribution in [1.82, 2.24) is 0 Å². The van der Waals surface area contributed by atoms with E-state index >= 15 is 0 Å². The van der Waals surface area contributed by atoms with E-state index in [4.69, 9.17) is 4.74 Å². The Balaban J connectivity index is 2.82. The summed E-state index contributed by atoms with van der Waals surface area (Å²) in [5, 5.41) is 0. The molecule has 2 atom stereocenters. The minimum atomic E-state index is 0.298. The lowest BCUT2D eigenvalue weighted by Crippen LogP contribution is -2.12. The molecule has 0 bridgehead atoms. The van der Waals surface area contributed by atoms with E-state index in [-0.39, 0.29) is 0 Å². The van der Waals surface area contributed by atoms with E-state index in [1.807, 2.05) is 0 Å². The zero-order valence-corrected chi connectivity index (χ0v) is 14.0. The maximum atomic E-state index is 6.10. The largest absolute Gasteiger partial charge is 0.490 e. The van der Waals surface area contributed by atoms with Crippen molar-refractivity contribution >= 4 is 0 Å². The molecule has 0 saturated heterocycles. The van der Waals surface area contributed by atoms with Crippen LogP contribution in [0.2, 0.25) is 0 Å². The molecule has 0 aromatic heterocycles. The number of rotatable bonds is 9. The molecule has 20 heavy (non-hydrogen) atoms. The molecule has 0 spiro atoms. The number of aryl methyl sites for hydroxylation is 1. The Morgan fingerprint density at radius 3 is 2.45 bits per heavy atom. The normalized spacial score (nSPS) is 14.1. The van der Waals surface area contributed by atoms with Crippen molar-refractivity contribution in [1.29, 1.82) is 0 Å². The standard InChI is InChI=1S/C19H32O/c1-6-9-10-17(8-3)14-18-13-15(4)11-12-19(18)20-16(5)7-2/h11-13,16-17H,6-10,14H2,1-5H3. The molecule has 0 radical (unpaired) electrons. The van der Waals surface area contributed by atoms with Crippen molar-refractivity contribution < 1.29 is 4.74 Å². The average Bonchev–Trinajstić information content (AvgIpc) is 2.45. The van der Waals surface area contributed by atoms with Crippen molar-refractivity contribution in [2.24, 2.45) is 5.92 Å². The second-order valence-corrected chi connectivity index (χ2v) is 6.07. The van der Waals surface area contributed by atoms with Gasteiger partial charge in [0.2, 0.25) is 0 Å². The molecule has 0 saturated carbocycles. The fourth-order valence-corrected chi connectivity index (χ4v) is 2.54. The van der Waals surface area contributed by atoms with Gasteiger partial charge in [0.1, 0.15) is 5.75 Å². The van der Waals surface area contributed by atoms with Crippen LogP contribution in [0.5, 0.6) is 5.75 Å². The van der Waals surface area contributed by atoms with Gasteiger partial charge in [-0.3, -0.25) is 0 Å². The summed E-state index contributed by atoms with van der Waals surface area (Å²) in [5.41, 5.74) is 2.73. The van der Waals surface area contributed by atoms with Crippen LogP contribution in [0.4, 0.5) is 0 Å². The van der Waals surface area contributed by atoms with Gasteiger partial charge in [0.15, 0.2) is 0 Å². The van der Waals surface area contributed by atoms with Crippen LogP contribution in [0.3, 0.4) is 0 Å². The van der Waals surface area contributed by atoms with Crippen LogP contribution in [-0.4, -0.2) is 6.10 Å². The zero-order chi connectivity index (χ0) is 15.0. The lowest BCUT2D eigenvalue weighted by atomic mass is 9.91. The molecule has 1 rings (SSSR count). The quantitative estimate of drug-likeness (QED) is 0.543. The van der Waals surface area contributed by atoms with Crippen molar-refractivity contribution in [2.45, 2.75) is 79.2 Å². The van der Waals surface area contributed by atoms with Gasteiger partial charge in [0, 0.05) is 0 Å². The van der Waals surface area contributed by atoms with Crippen LogP contribution in [-0.2, 0) is 6.42 Å². The first-order valence-electron chi connectivity index (χ1n) is 8.36. The Hall–Kier alpha value is -0.980. The topological polar surface area (TPSA) is 9.23 Å². The molecular weight excluding hydrogens is 244 g/mol. The lowest BCUT2D eigenvalue weighted by Gasteiger charge is -2.20. The van der Waals surface area contributed by atoms with Gasteiger partial charge >= 0.3 is 0 Å². The Labute approximate surface area is 125 Å².